The van der Waals surface area contributed by atoms with E-state index >= 15 is 0 Å². The fraction of sp³-hybridized carbons (Fsp3) is 0.462. The summed E-state index contributed by atoms with van der Waals surface area (Å²) in [7, 11) is 0. The number of benzene rings is 2. The molecule has 2 aromatic carbocycles. The normalized spacial score (nSPS) is 15.6. The van der Waals surface area contributed by atoms with Crippen molar-refractivity contribution in [2.75, 3.05) is 44.6 Å². The van der Waals surface area contributed by atoms with Gasteiger partial charge in [0.25, 0.3) is 0 Å². The van der Waals surface area contributed by atoms with Crippen molar-refractivity contribution in [2.24, 2.45) is 0 Å². The predicted octanol–water partition coefficient (Wildman–Crippen LogP) is 5.72. The molecule has 0 amide bonds. The van der Waals surface area contributed by atoms with Gasteiger partial charge in [-0.3, -0.25) is 4.90 Å². The molecular weight excluding hydrogens is 544 g/mol. The number of anilines is 2. The summed E-state index contributed by atoms with van der Waals surface area (Å²) in [5.74, 6) is 1.37. The van der Waals surface area contributed by atoms with Crippen LogP contribution >= 0.6 is 22.6 Å². The van der Waals surface area contributed by atoms with Crippen molar-refractivity contribution in [3.8, 4) is 5.75 Å². The van der Waals surface area contributed by atoms with Gasteiger partial charge >= 0.3 is 0 Å². The number of nitrogens with one attached hydrogen (secondary N) is 1. The van der Waals surface area contributed by atoms with Crippen LogP contribution in [0.4, 0.5) is 15.9 Å². The first kappa shape index (κ1) is 25.1. The Morgan fingerprint density at radius 1 is 1.09 bits per heavy atom. The van der Waals surface area contributed by atoms with Crippen LogP contribution in [0.3, 0.4) is 0 Å². The van der Waals surface area contributed by atoms with Crippen molar-refractivity contribution in [3.63, 3.8) is 0 Å². The highest BCUT2D eigenvalue weighted by Crippen LogP contribution is 2.39. The SMILES string of the molecule is CCOc1cc2ncnc(Nc3ccc(F)c(CI)c3)c2cc1C(C)(C)N1CCN(CC)CC1. The van der Waals surface area contributed by atoms with Crippen molar-refractivity contribution < 1.29 is 9.13 Å². The van der Waals surface area contributed by atoms with Crippen molar-refractivity contribution in [1.29, 1.82) is 0 Å². The minimum Gasteiger partial charge on any atom is -0.493 e. The highest BCUT2D eigenvalue weighted by Gasteiger charge is 2.34. The molecule has 0 saturated carbocycles. The van der Waals surface area contributed by atoms with Crippen LogP contribution in [0.25, 0.3) is 10.9 Å². The summed E-state index contributed by atoms with van der Waals surface area (Å²) in [6.45, 7) is 14.6. The van der Waals surface area contributed by atoms with Crippen molar-refractivity contribution in [2.45, 2.75) is 37.7 Å². The van der Waals surface area contributed by atoms with Crippen LogP contribution in [0.5, 0.6) is 5.75 Å². The number of nitrogens with zero attached hydrogens (tertiary/aromatic N) is 4. The molecule has 4 rings (SSSR count). The summed E-state index contributed by atoms with van der Waals surface area (Å²) in [5.41, 5.74) is 3.17. The smallest absolute Gasteiger partial charge is 0.141 e. The molecule has 0 aliphatic carbocycles. The van der Waals surface area contributed by atoms with E-state index in [9.17, 15) is 4.39 Å². The van der Waals surface area contributed by atoms with Gasteiger partial charge in [0.2, 0.25) is 0 Å². The molecule has 6 nitrogen and oxygen atoms in total. The van der Waals surface area contributed by atoms with E-state index in [2.05, 4.69) is 74.5 Å². The lowest BCUT2D eigenvalue weighted by atomic mass is 9.89. The van der Waals surface area contributed by atoms with Crippen LogP contribution in [-0.2, 0) is 9.97 Å². The van der Waals surface area contributed by atoms with Gasteiger partial charge < -0.3 is 15.0 Å². The molecule has 34 heavy (non-hydrogen) atoms. The molecule has 1 aromatic heterocycles. The zero-order chi connectivity index (χ0) is 24.3. The largest absolute Gasteiger partial charge is 0.493 e. The third-order valence-electron chi connectivity index (χ3n) is 6.76. The Kier molecular flexibility index (Phi) is 7.89. The van der Waals surface area contributed by atoms with Gasteiger partial charge in [-0.25, -0.2) is 14.4 Å². The third-order valence-corrected chi connectivity index (χ3v) is 7.58. The Labute approximate surface area is 215 Å². The standard InChI is InChI=1S/C26H33FIN5O/c1-5-32-9-11-33(12-10-32)26(3,4)21-14-20-23(15-24(21)34-6-2)29-17-30-25(20)31-19-7-8-22(27)18(13-19)16-28/h7-8,13-15,17H,5-6,9-12,16H2,1-4H3,(H,29,30,31). The third kappa shape index (κ3) is 5.13. The lowest BCUT2D eigenvalue weighted by Crippen LogP contribution is -2.53. The molecule has 1 aliphatic rings. The topological polar surface area (TPSA) is 53.5 Å². The van der Waals surface area contributed by atoms with Gasteiger partial charge in [-0.2, -0.15) is 0 Å². The number of halogens is 2. The van der Waals surface area contributed by atoms with E-state index in [4.69, 9.17) is 4.74 Å². The molecule has 0 atom stereocenters. The van der Waals surface area contributed by atoms with E-state index in [1.165, 1.54) is 6.07 Å². The summed E-state index contributed by atoms with van der Waals surface area (Å²) in [6, 6.07) is 9.26. The highest BCUT2D eigenvalue weighted by atomic mass is 127. The van der Waals surface area contributed by atoms with Crippen molar-refractivity contribution >= 4 is 45.0 Å². The number of ether oxygens (including phenoxy) is 1. The molecule has 1 fully saturated rings. The van der Waals surface area contributed by atoms with Gasteiger partial charge in [0.05, 0.1) is 12.1 Å². The Morgan fingerprint density at radius 3 is 2.53 bits per heavy atom. The summed E-state index contributed by atoms with van der Waals surface area (Å²) in [6.07, 6.45) is 1.55. The van der Waals surface area contributed by atoms with E-state index in [0.717, 1.165) is 60.6 Å². The van der Waals surface area contributed by atoms with E-state index < -0.39 is 0 Å². The maximum Gasteiger partial charge on any atom is 0.141 e. The summed E-state index contributed by atoms with van der Waals surface area (Å²) in [4.78, 5) is 14.1. The number of aromatic nitrogens is 2. The van der Waals surface area contributed by atoms with Crippen LogP contribution in [-0.4, -0.2) is 59.1 Å². The fourth-order valence-corrected chi connectivity index (χ4v) is 5.21. The van der Waals surface area contributed by atoms with E-state index in [0.29, 0.717) is 22.4 Å². The van der Waals surface area contributed by atoms with Crippen LogP contribution < -0.4 is 10.1 Å². The molecule has 0 spiro atoms. The molecule has 3 aromatic rings. The number of hydrogen-bond donors (Lipinski definition) is 1. The lowest BCUT2D eigenvalue weighted by Gasteiger charge is -2.44. The maximum absolute atomic E-state index is 14.0. The minimum atomic E-state index is -0.226. The Morgan fingerprint density at radius 2 is 1.85 bits per heavy atom. The quantitative estimate of drug-likeness (QED) is 0.273. The number of likely N-dealkylation sites (N-methyl/N-ethyl adjacent to an activating group) is 1. The van der Waals surface area contributed by atoms with Gasteiger partial charge in [-0.15, -0.1) is 0 Å². The van der Waals surface area contributed by atoms with E-state index in [1.54, 1.807) is 12.4 Å². The van der Waals surface area contributed by atoms with Gasteiger partial charge in [0.15, 0.2) is 0 Å². The number of rotatable bonds is 8. The zero-order valence-electron chi connectivity index (χ0n) is 20.4. The monoisotopic (exact) mass is 577 g/mol. The molecule has 2 heterocycles. The average molecular weight is 577 g/mol. The molecule has 1 saturated heterocycles. The Bertz CT molecular complexity index is 1150. The number of hydrogen-bond acceptors (Lipinski definition) is 6. The first-order valence-corrected chi connectivity index (χ1v) is 13.4. The number of fused-ring (bicyclic) bond motifs is 1. The minimum absolute atomic E-state index is 0.193. The van der Waals surface area contributed by atoms with E-state index in [1.807, 2.05) is 19.1 Å². The van der Waals surface area contributed by atoms with Crippen molar-refractivity contribution in [3.05, 3.63) is 53.6 Å². The summed E-state index contributed by atoms with van der Waals surface area (Å²) >= 11 is 2.17. The first-order chi connectivity index (χ1) is 16.4. The fourth-order valence-electron chi connectivity index (χ4n) is 4.62. The molecular formula is C26H33FIN5O. The van der Waals surface area contributed by atoms with Gasteiger partial charge in [-0.1, -0.05) is 29.5 Å². The molecule has 0 bridgehead atoms. The van der Waals surface area contributed by atoms with E-state index in [-0.39, 0.29) is 11.4 Å². The predicted molar refractivity (Wildman–Crippen MR) is 145 cm³/mol. The Hall–Kier alpha value is -2.04. The van der Waals surface area contributed by atoms with Gasteiger partial charge in [0, 0.05) is 58.8 Å². The average Bonchev–Trinajstić information content (AvgIpc) is 2.85. The molecule has 8 heteroatoms. The molecule has 1 aliphatic heterocycles. The van der Waals surface area contributed by atoms with Gasteiger partial charge in [-0.05, 0) is 57.1 Å². The van der Waals surface area contributed by atoms with Crippen LogP contribution in [0, 0.1) is 5.82 Å². The number of piperazine rings is 1. The molecule has 0 radical (unpaired) electrons. The van der Waals surface area contributed by atoms with Crippen molar-refractivity contribution in [1.82, 2.24) is 19.8 Å². The second-order valence-corrected chi connectivity index (χ2v) is 9.83. The Balaban J connectivity index is 1.75. The van der Waals surface area contributed by atoms with Gasteiger partial charge in [0.1, 0.15) is 23.7 Å². The number of alkyl halides is 1. The van der Waals surface area contributed by atoms with Crippen LogP contribution in [0.15, 0.2) is 36.7 Å². The molecule has 182 valence electrons. The van der Waals surface area contributed by atoms with Crippen LogP contribution in [0.2, 0.25) is 0 Å². The molecule has 1 N–H and O–H groups in total. The lowest BCUT2D eigenvalue weighted by molar-refractivity contribution is 0.0510. The van der Waals surface area contributed by atoms with Crippen LogP contribution in [0.1, 0.15) is 38.8 Å². The second kappa shape index (κ2) is 10.7. The zero-order valence-corrected chi connectivity index (χ0v) is 22.5. The molecule has 0 unspecified atom stereocenters. The maximum atomic E-state index is 14.0. The summed E-state index contributed by atoms with van der Waals surface area (Å²) in [5, 5.41) is 4.31. The second-order valence-electron chi connectivity index (χ2n) is 9.07. The highest BCUT2D eigenvalue weighted by molar-refractivity contribution is 14.1. The summed E-state index contributed by atoms with van der Waals surface area (Å²) < 4.78 is 20.7. The first-order valence-electron chi connectivity index (χ1n) is 11.9.